The van der Waals surface area contributed by atoms with Gasteiger partial charge in [0.1, 0.15) is 17.1 Å². The van der Waals surface area contributed by atoms with Gasteiger partial charge in [0.2, 0.25) is 0 Å². The van der Waals surface area contributed by atoms with Crippen molar-refractivity contribution in [3.63, 3.8) is 0 Å². The zero-order valence-electron chi connectivity index (χ0n) is 25.3. The topological polar surface area (TPSA) is 159 Å². The predicted molar refractivity (Wildman–Crippen MR) is 161 cm³/mol. The number of amides is 1. The van der Waals surface area contributed by atoms with Crippen LogP contribution in [0, 0.1) is 11.7 Å². The molecule has 3 aromatic rings. The molecule has 1 aliphatic rings. The number of ketones is 1. The number of anilines is 2. The van der Waals surface area contributed by atoms with E-state index in [1.165, 1.54) is 6.07 Å². The molecule has 1 amide bonds. The number of halogens is 2. The molecule has 1 aromatic carbocycles. The molecular formula is C30H40ClFN7O4+. The van der Waals surface area contributed by atoms with Crippen molar-refractivity contribution in [2.75, 3.05) is 11.5 Å². The average Bonchev–Trinajstić information content (AvgIpc) is 3.23. The molecule has 11 nitrogen and oxygen atoms in total. The Morgan fingerprint density at radius 1 is 1.12 bits per heavy atom. The first kappa shape index (κ1) is 32.1. The first-order chi connectivity index (χ1) is 20.2. The van der Waals surface area contributed by atoms with E-state index in [-0.39, 0.29) is 58.2 Å². The van der Waals surface area contributed by atoms with Crippen LogP contribution in [0.3, 0.4) is 0 Å². The van der Waals surface area contributed by atoms with E-state index >= 15 is 4.39 Å². The van der Waals surface area contributed by atoms with Crippen LogP contribution >= 0.6 is 11.6 Å². The number of ether oxygens (including phenoxy) is 1. The Morgan fingerprint density at radius 3 is 2.40 bits per heavy atom. The lowest BCUT2D eigenvalue weighted by atomic mass is 9.86. The highest BCUT2D eigenvalue weighted by Gasteiger charge is 2.32. The molecule has 13 heteroatoms. The maximum absolute atomic E-state index is 15.4. The molecule has 0 spiro atoms. The predicted octanol–water partition coefficient (Wildman–Crippen LogP) is 4.16. The van der Waals surface area contributed by atoms with E-state index in [2.05, 4.69) is 15.3 Å². The molecule has 43 heavy (non-hydrogen) atoms. The summed E-state index contributed by atoms with van der Waals surface area (Å²) >= 11 is 5.95. The Labute approximate surface area is 255 Å². The van der Waals surface area contributed by atoms with Crippen molar-refractivity contribution in [2.45, 2.75) is 97.9 Å². The highest BCUT2D eigenvalue weighted by atomic mass is 35.5. The number of aromatic nitrogens is 4. The van der Waals surface area contributed by atoms with Crippen molar-refractivity contribution in [1.29, 1.82) is 0 Å². The minimum absolute atomic E-state index is 0.0495. The van der Waals surface area contributed by atoms with Crippen LogP contribution in [-0.4, -0.2) is 43.8 Å². The molecule has 2 aromatic heterocycles. The van der Waals surface area contributed by atoms with E-state index in [1.54, 1.807) is 6.07 Å². The lowest BCUT2D eigenvalue weighted by Gasteiger charge is -2.30. The highest BCUT2D eigenvalue weighted by Crippen LogP contribution is 2.28. The number of carbonyl (C=O) groups is 3. The molecule has 0 bridgehead atoms. The van der Waals surface area contributed by atoms with Crippen molar-refractivity contribution in [3.8, 4) is 0 Å². The van der Waals surface area contributed by atoms with Crippen molar-refractivity contribution >= 4 is 51.9 Å². The van der Waals surface area contributed by atoms with Gasteiger partial charge in [0, 0.05) is 24.6 Å². The molecule has 0 saturated heterocycles. The number of aryl methyl sites for hydroxylation is 2. The van der Waals surface area contributed by atoms with Gasteiger partial charge in [-0.05, 0) is 60.3 Å². The zero-order chi connectivity index (χ0) is 31.6. The number of nitrogen functional groups attached to an aromatic ring is 2. The molecule has 0 unspecified atom stereocenters. The third kappa shape index (κ3) is 7.06. The van der Waals surface area contributed by atoms with Crippen molar-refractivity contribution in [1.82, 2.24) is 19.9 Å². The third-order valence-corrected chi connectivity index (χ3v) is 7.97. The van der Waals surface area contributed by atoms with Gasteiger partial charge in [0.05, 0.1) is 31.0 Å². The van der Waals surface area contributed by atoms with Gasteiger partial charge in [0.25, 0.3) is 11.7 Å². The SMILES string of the molecule is CCn1c(CCC(=O)c2nc(Cl)c(N)nc2N)[n+](CC)c2cc(C(=O)NC3CCC(C(=O)OC(C)(C)C)CC3)c(F)cc21. The first-order valence-electron chi connectivity index (χ1n) is 14.6. The summed E-state index contributed by atoms with van der Waals surface area (Å²) in [5.41, 5.74) is 12.1. The maximum Gasteiger partial charge on any atom is 0.309 e. The number of benzene rings is 1. The van der Waals surface area contributed by atoms with Crippen LogP contribution in [0.4, 0.5) is 16.0 Å². The fourth-order valence-corrected chi connectivity index (χ4v) is 5.80. The largest absolute Gasteiger partial charge is 0.460 e. The highest BCUT2D eigenvalue weighted by molar-refractivity contribution is 6.31. The summed E-state index contributed by atoms with van der Waals surface area (Å²) in [5.74, 6) is -1.27. The second-order valence-corrected chi connectivity index (χ2v) is 12.2. The van der Waals surface area contributed by atoms with Crippen LogP contribution in [0.2, 0.25) is 5.15 Å². The van der Waals surface area contributed by atoms with Gasteiger partial charge < -0.3 is 21.5 Å². The van der Waals surface area contributed by atoms with Gasteiger partial charge in [-0.15, -0.1) is 0 Å². The Bertz CT molecular complexity index is 1560. The number of nitrogens with two attached hydrogens (primary N) is 2. The Morgan fingerprint density at radius 2 is 1.79 bits per heavy atom. The van der Waals surface area contributed by atoms with E-state index in [9.17, 15) is 14.4 Å². The van der Waals surface area contributed by atoms with Gasteiger partial charge in [-0.2, -0.15) is 0 Å². The van der Waals surface area contributed by atoms with Crippen molar-refractivity contribution < 1.29 is 28.1 Å². The Hall–Kier alpha value is -3.80. The number of imidazole rings is 1. The smallest absolute Gasteiger partial charge is 0.309 e. The van der Waals surface area contributed by atoms with E-state index in [0.717, 1.165) is 5.82 Å². The summed E-state index contributed by atoms with van der Waals surface area (Å²) in [5, 5.41) is 2.86. The quantitative estimate of drug-likeness (QED) is 0.184. The van der Waals surface area contributed by atoms with Crippen molar-refractivity contribution in [2.24, 2.45) is 5.92 Å². The van der Waals surface area contributed by atoms with Crippen LogP contribution in [0.25, 0.3) is 11.0 Å². The van der Waals surface area contributed by atoms with Crippen LogP contribution < -0.4 is 21.4 Å². The summed E-state index contributed by atoms with van der Waals surface area (Å²) in [7, 11) is 0. The normalized spacial score (nSPS) is 17.2. The Kier molecular flexibility index (Phi) is 9.58. The van der Waals surface area contributed by atoms with Gasteiger partial charge in [0.15, 0.2) is 33.6 Å². The first-order valence-corrected chi connectivity index (χ1v) is 15.0. The minimum atomic E-state index is -0.634. The van der Waals surface area contributed by atoms with Crippen LogP contribution in [0.1, 0.15) is 93.4 Å². The number of esters is 1. The maximum atomic E-state index is 15.4. The molecule has 5 N–H and O–H groups in total. The molecule has 1 aliphatic carbocycles. The van der Waals surface area contributed by atoms with Crippen LogP contribution in [0.15, 0.2) is 12.1 Å². The van der Waals surface area contributed by atoms with Crippen LogP contribution in [-0.2, 0) is 29.0 Å². The summed E-state index contributed by atoms with van der Waals surface area (Å²) < 4.78 is 24.8. The number of fused-ring (bicyclic) bond motifs is 1. The van der Waals surface area contributed by atoms with Gasteiger partial charge in [-0.3, -0.25) is 14.4 Å². The van der Waals surface area contributed by atoms with Gasteiger partial charge in [-0.25, -0.2) is 23.5 Å². The number of hydrogen-bond acceptors (Lipinski definition) is 8. The van der Waals surface area contributed by atoms with Crippen molar-refractivity contribution in [3.05, 3.63) is 40.2 Å². The van der Waals surface area contributed by atoms with E-state index in [1.807, 2.05) is 43.8 Å². The number of nitrogens with zero attached hydrogens (tertiary/aromatic N) is 4. The molecule has 0 radical (unpaired) electrons. The molecule has 232 valence electrons. The molecule has 2 heterocycles. The molecular weight excluding hydrogens is 577 g/mol. The molecule has 1 fully saturated rings. The second-order valence-electron chi connectivity index (χ2n) is 11.8. The lowest BCUT2D eigenvalue weighted by Crippen LogP contribution is -2.40. The molecule has 4 rings (SSSR count). The number of Topliss-reactive ketones (excluding diaryl/α,β-unsaturated/α-hetero) is 1. The summed E-state index contributed by atoms with van der Waals surface area (Å²) in [6.07, 6.45) is 2.76. The number of nitrogens with one attached hydrogen (secondary N) is 1. The second kappa shape index (κ2) is 12.8. The summed E-state index contributed by atoms with van der Waals surface area (Å²) in [4.78, 5) is 46.6. The fourth-order valence-electron chi connectivity index (χ4n) is 5.67. The molecule has 1 saturated carbocycles. The molecule has 0 aliphatic heterocycles. The number of rotatable bonds is 9. The summed E-state index contributed by atoms with van der Waals surface area (Å²) in [6, 6.07) is 2.77. The summed E-state index contributed by atoms with van der Waals surface area (Å²) in [6.45, 7) is 10.4. The fraction of sp³-hybridized carbons (Fsp3) is 0.533. The number of carbonyl (C=O) groups excluding carboxylic acids is 3. The minimum Gasteiger partial charge on any atom is -0.460 e. The van der Waals surface area contributed by atoms with Crippen LogP contribution in [0.5, 0.6) is 0 Å². The van der Waals surface area contributed by atoms with Gasteiger partial charge >= 0.3 is 5.97 Å². The Balaban J connectivity index is 1.52. The monoisotopic (exact) mass is 616 g/mol. The van der Waals surface area contributed by atoms with Gasteiger partial charge in [-0.1, -0.05) is 11.6 Å². The van der Waals surface area contributed by atoms with E-state index in [0.29, 0.717) is 56.2 Å². The lowest BCUT2D eigenvalue weighted by molar-refractivity contribution is -0.676. The average molecular weight is 617 g/mol. The third-order valence-electron chi connectivity index (χ3n) is 7.69. The molecule has 0 atom stereocenters. The standard InChI is InChI=1S/C30H39ClFN7O4/c1-6-38-20-14-18(28(41)35-17-10-8-16(9-11-17)29(42)43-30(3,4)5)19(32)15-21(20)39(7-2)23(38)13-12-22(40)24-26(33)37-27(34)25(31)36-24/h14-17H,6-13H2,1-5H3,(H4-,33,34,35,37,40,41)/p+1. The number of hydrogen-bond donors (Lipinski definition) is 3. The zero-order valence-corrected chi connectivity index (χ0v) is 26.1. The van der Waals surface area contributed by atoms with E-state index in [4.69, 9.17) is 27.8 Å². The van der Waals surface area contributed by atoms with E-state index < -0.39 is 17.3 Å².